The second kappa shape index (κ2) is 9.02. The van der Waals surface area contributed by atoms with Crippen LogP contribution in [0.1, 0.15) is 48.8 Å². The monoisotopic (exact) mass is 325 g/mol. The van der Waals surface area contributed by atoms with Gasteiger partial charge in [0.05, 0.1) is 6.19 Å². The van der Waals surface area contributed by atoms with E-state index in [0.29, 0.717) is 24.0 Å². The molecular weight excluding hydrogens is 303 g/mol. The quantitative estimate of drug-likeness (QED) is 0.524. The molecule has 0 amide bonds. The summed E-state index contributed by atoms with van der Waals surface area (Å²) >= 11 is 1.29. The predicted octanol–water partition coefficient (Wildman–Crippen LogP) is 2.07. The van der Waals surface area contributed by atoms with E-state index < -0.39 is 5.97 Å². The van der Waals surface area contributed by atoms with Crippen LogP contribution in [-0.4, -0.2) is 54.2 Å². The van der Waals surface area contributed by atoms with Crippen LogP contribution >= 0.6 is 11.3 Å². The highest BCUT2D eigenvalue weighted by atomic mass is 32.1. The summed E-state index contributed by atoms with van der Waals surface area (Å²) in [6.45, 7) is 6.56. The van der Waals surface area contributed by atoms with Gasteiger partial charge in [-0.1, -0.05) is 13.8 Å². The number of carboxylic acid groups (broad SMARTS) is 1. The molecule has 0 aliphatic rings. The van der Waals surface area contributed by atoms with Crippen molar-refractivity contribution in [2.24, 2.45) is 5.92 Å². The van der Waals surface area contributed by atoms with E-state index >= 15 is 0 Å². The number of hydrogen-bond acceptors (Lipinski definition) is 6. The van der Waals surface area contributed by atoms with Crippen molar-refractivity contribution in [2.45, 2.75) is 39.3 Å². The fraction of sp³-hybridized carbons (Fsp3) is 0.643. The summed E-state index contributed by atoms with van der Waals surface area (Å²) in [6.07, 6.45) is 1.12. The lowest BCUT2D eigenvalue weighted by Gasteiger charge is -2.32. The molecule has 0 bridgehead atoms. The second-order valence-electron chi connectivity index (χ2n) is 5.32. The maximum Gasteiger partial charge on any atom is 0.355 e. The Bertz CT molecular complexity index is 495. The van der Waals surface area contributed by atoms with Gasteiger partial charge in [0.15, 0.2) is 5.69 Å². The number of carboxylic acids is 1. The number of aromatic nitrogens is 1. The normalized spacial score (nSPS) is 14.1. The third kappa shape index (κ3) is 5.19. The number of carbonyl (C=O) groups excluding carboxylic acids is 1. The molecule has 1 N–H and O–H groups in total. The summed E-state index contributed by atoms with van der Waals surface area (Å²) in [4.78, 5) is 27.7. The molecule has 0 fully saturated rings. The summed E-state index contributed by atoms with van der Waals surface area (Å²) in [7, 11) is 3.35. The van der Waals surface area contributed by atoms with E-state index in [9.17, 15) is 9.59 Å². The van der Waals surface area contributed by atoms with E-state index in [0.717, 1.165) is 6.19 Å². The van der Waals surface area contributed by atoms with Gasteiger partial charge in [-0.2, -0.15) is 0 Å². The first-order valence-corrected chi connectivity index (χ1v) is 8.09. The second-order valence-corrected chi connectivity index (χ2v) is 6.21. The number of rotatable bonds is 10. The van der Waals surface area contributed by atoms with Crippen LogP contribution in [0.25, 0.3) is 0 Å². The maximum absolute atomic E-state index is 11.0. The standard InChI is InChI=1S/C14H22BN2O4S/c1-5-21-12(13-16-10(7-22-13)14(19)20)6-11(9(2)3)17(4)15-8-18/h7-9,11-12H,5-6H2,1-4H3,(H,19,20)/t11-,12+/m0/s1. The highest BCUT2D eigenvalue weighted by Gasteiger charge is 2.27. The number of hydrogen-bond donors (Lipinski definition) is 1. The Balaban J connectivity index is 2.92. The highest BCUT2D eigenvalue weighted by molar-refractivity contribution is 7.09. The Hall–Kier alpha value is -1.25. The topological polar surface area (TPSA) is 79.7 Å². The number of aromatic carboxylic acids is 1. The molecule has 1 aromatic heterocycles. The Morgan fingerprint density at radius 2 is 2.27 bits per heavy atom. The van der Waals surface area contributed by atoms with Crippen molar-refractivity contribution in [3.63, 3.8) is 0 Å². The molecule has 1 rings (SSSR count). The molecule has 0 saturated heterocycles. The SMILES string of the molecule is CCO[C@H](C[C@@H](C(C)C)N(C)[B]C=O)c1nc(C(=O)O)cs1. The van der Waals surface area contributed by atoms with Gasteiger partial charge in [-0.3, -0.25) is 0 Å². The van der Waals surface area contributed by atoms with E-state index in [1.807, 2.05) is 18.8 Å². The van der Waals surface area contributed by atoms with E-state index in [2.05, 4.69) is 18.8 Å². The molecule has 2 atom stereocenters. The molecule has 0 saturated carbocycles. The summed E-state index contributed by atoms with van der Waals surface area (Å²) in [5, 5.41) is 11.2. The molecule has 1 heterocycles. The number of ether oxygens (including phenoxy) is 1. The van der Waals surface area contributed by atoms with E-state index in [-0.39, 0.29) is 17.8 Å². The fourth-order valence-corrected chi connectivity index (χ4v) is 3.16. The van der Waals surface area contributed by atoms with Crippen LogP contribution in [0.3, 0.4) is 0 Å². The van der Waals surface area contributed by atoms with Gasteiger partial charge in [-0.25, -0.2) is 9.78 Å². The van der Waals surface area contributed by atoms with Gasteiger partial charge in [0.2, 0.25) is 0 Å². The van der Waals surface area contributed by atoms with Gasteiger partial charge in [-0.05, 0) is 26.3 Å². The number of carbonyl (C=O) groups is 2. The van der Waals surface area contributed by atoms with Gasteiger partial charge in [0.1, 0.15) is 11.1 Å². The van der Waals surface area contributed by atoms with Crippen LogP contribution < -0.4 is 0 Å². The first kappa shape index (κ1) is 18.8. The van der Waals surface area contributed by atoms with Crippen molar-refractivity contribution in [3.05, 3.63) is 16.1 Å². The van der Waals surface area contributed by atoms with Crippen LogP contribution in [-0.2, 0) is 9.53 Å². The Kier molecular flexibility index (Phi) is 7.71. The fourth-order valence-electron chi connectivity index (χ4n) is 2.31. The van der Waals surface area contributed by atoms with E-state index in [1.54, 1.807) is 0 Å². The zero-order valence-corrected chi connectivity index (χ0v) is 14.2. The number of nitrogens with zero attached hydrogens (tertiary/aromatic N) is 2. The third-order valence-electron chi connectivity index (χ3n) is 3.43. The van der Waals surface area contributed by atoms with Crippen LogP contribution in [0, 0.1) is 5.92 Å². The van der Waals surface area contributed by atoms with Crippen LogP contribution in [0.2, 0.25) is 0 Å². The van der Waals surface area contributed by atoms with Crippen molar-refractivity contribution in [3.8, 4) is 0 Å². The number of thiazole rings is 1. The van der Waals surface area contributed by atoms with Crippen LogP contribution in [0.5, 0.6) is 0 Å². The van der Waals surface area contributed by atoms with Crippen LogP contribution in [0.4, 0.5) is 0 Å². The van der Waals surface area contributed by atoms with Gasteiger partial charge >= 0.3 is 5.97 Å². The van der Waals surface area contributed by atoms with E-state index in [1.165, 1.54) is 24.1 Å². The minimum Gasteiger partial charge on any atom is -0.476 e. The van der Waals surface area contributed by atoms with Gasteiger partial charge < -0.3 is 19.4 Å². The van der Waals surface area contributed by atoms with E-state index in [4.69, 9.17) is 9.84 Å². The van der Waals surface area contributed by atoms with Gasteiger partial charge in [0.25, 0.3) is 7.41 Å². The Morgan fingerprint density at radius 1 is 1.59 bits per heavy atom. The molecule has 1 radical (unpaired) electrons. The molecule has 0 aromatic carbocycles. The summed E-state index contributed by atoms with van der Waals surface area (Å²) in [5.74, 6) is -0.729. The molecule has 0 aliphatic carbocycles. The van der Waals surface area contributed by atoms with Gasteiger partial charge in [-0.15, -0.1) is 11.3 Å². The summed E-state index contributed by atoms with van der Waals surface area (Å²) in [5.41, 5.74) is 0.0404. The van der Waals surface area contributed by atoms with Crippen molar-refractivity contribution < 1.29 is 19.4 Å². The smallest absolute Gasteiger partial charge is 0.355 e. The van der Waals surface area contributed by atoms with Crippen molar-refractivity contribution in [1.29, 1.82) is 0 Å². The first-order chi connectivity index (χ1) is 10.4. The molecule has 1 aromatic rings. The third-order valence-corrected chi connectivity index (χ3v) is 4.37. The molecule has 0 aliphatic heterocycles. The summed E-state index contributed by atoms with van der Waals surface area (Å²) in [6, 6.07) is 0.0962. The molecule has 22 heavy (non-hydrogen) atoms. The van der Waals surface area contributed by atoms with Crippen molar-refractivity contribution in [2.75, 3.05) is 13.7 Å². The average molecular weight is 325 g/mol. The maximum atomic E-state index is 11.0. The Morgan fingerprint density at radius 3 is 2.73 bits per heavy atom. The van der Waals surface area contributed by atoms with Crippen molar-refractivity contribution in [1.82, 2.24) is 9.79 Å². The first-order valence-electron chi connectivity index (χ1n) is 7.21. The lowest BCUT2D eigenvalue weighted by atomic mass is 9.86. The van der Waals surface area contributed by atoms with Crippen LogP contribution in [0.15, 0.2) is 5.38 Å². The minimum absolute atomic E-state index is 0.0404. The van der Waals surface area contributed by atoms with Gasteiger partial charge in [0, 0.05) is 18.0 Å². The largest absolute Gasteiger partial charge is 0.476 e. The lowest BCUT2D eigenvalue weighted by molar-refractivity contribution is 0.0363. The lowest BCUT2D eigenvalue weighted by Crippen LogP contribution is -2.40. The average Bonchev–Trinajstić information content (AvgIpc) is 2.93. The minimum atomic E-state index is -1.04. The molecule has 8 heteroatoms. The zero-order chi connectivity index (χ0) is 16.7. The molecule has 0 unspecified atom stereocenters. The molecule has 121 valence electrons. The van der Waals surface area contributed by atoms with Crippen molar-refractivity contribution >= 4 is 30.9 Å². The molecule has 6 nitrogen and oxygen atoms in total. The molecular formula is C14H22BN2O4S. The zero-order valence-electron chi connectivity index (χ0n) is 13.4. The molecule has 0 spiro atoms. The predicted molar refractivity (Wildman–Crippen MR) is 87.0 cm³/mol. The highest BCUT2D eigenvalue weighted by Crippen LogP contribution is 2.29. The summed E-state index contributed by atoms with van der Waals surface area (Å²) < 4.78 is 5.76. The Labute approximate surface area is 135 Å².